The Morgan fingerprint density at radius 2 is 1.86 bits per heavy atom. The number of hydrogen-bond donors (Lipinski definition) is 0. The summed E-state index contributed by atoms with van der Waals surface area (Å²) in [6.45, 7) is 9.06. The molecule has 1 aromatic rings. The van der Waals surface area contributed by atoms with Gasteiger partial charge in [-0.25, -0.2) is 0 Å². The van der Waals surface area contributed by atoms with Gasteiger partial charge in [-0.1, -0.05) is 30.3 Å². The van der Waals surface area contributed by atoms with E-state index in [2.05, 4.69) is 47.1 Å². The first-order valence-electron chi connectivity index (χ1n) is 8.43. The van der Waals surface area contributed by atoms with Crippen LogP contribution in [0.25, 0.3) is 0 Å². The van der Waals surface area contributed by atoms with Gasteiger partial charge in [-0.05, 0) is 44.8 Å². The fourth-order valence-electron chi connectivity index (χ4n) is 3.62. The van der Waals surface area contributed by atoms with Crippen molar-refractivity contribution in [3.05, 3.63) is 35.9 Å². The number of benzene rings is 1. The van der Waals surface area contributed by atoms with Gasteiger partial charge < -0.3 is 9.64 Å². The third kappa shape index (κ3) is 4.29. The van der Waals surface area contributed by atoms with Gasteiger partial charge in [0.1, 0.15) is 0 Å². The summed E-state index contributed by atoms with van der Waals surface area (Å²) in [5.41, 5.74) is 1.46. The molecule has 0 saturated carbocycles. The number of piperidine rings is 1. The second kappa shape index (κ2) is 7.39. The molecule has 1 unspecified atom stereocenters. The quantitative estimate of drug-likeness (QED) is 0.846. The zero-order chi connectivity index (χ0) is 14.5. The van der Waals surface area contributed by atoms with E-state index in [9.17, 15) is 0 Å². The van der Waals surface area contributed by atoms with Crippen molar-refractivity contribution >= 4 is 0 Å². The summed E-state index contributed by atoms with van der Waals surface area (Å²) in [4.78, 5) is 5.29. The maximum Gasteiger partial charge on any atom is 0.0674 e. The van der Waals surface area contributed by atoms with Crippen LogP contribution >= 0.6 is 0 Å². The minimum Gasteiger partial charge on any atom is -0.376 e. The van der Waals surface area contributed by atoms with Gasteiger partial charge in [-0.2, -0.15) is 0 Å². The van der Waals surface area contributed by atoms with Crippen LogP contribution in [-0.4, -0.2) is 61.3 Å². The first-order chi connectivity index (χ1) is 10.3. The molecule has 0 radical (unpaired) electrons. The third-order valence-corrected chi connectivity index (χ3v) is 4.91. The van der Waals surface area contributed by atoms with Gasteiger partial charge in [0.05, 0.1) is 12.7 Å². The predicted molar refractivity (Wildman–Crippen MR) is 86.6 cm³/mol. The highest BCUT2D eigenvalue weighted by Gasteiger charge is 2.27. The maximum absolute atomic E-state index is 5.66. The highest BCUT2D eigenvalue weighted by molar-refractivity contribution is 5.14. The van der Waals surface area contributed by atoms with Crippen molar-refractivity contribution in [3.63, 3.8) is 0 Å². The van der Waals surface area contributed by atoms with Crippen LogP contribution < -0.4 is 0 Å². The lowest BCUT2D eigenvalue weighted by Crippen LogP contribution is -2.51. The number of morpholine rings is 1. The molecule has 116 valence electrons. The molecular weight excluding hydrogens is 260 g/mol. The van der Waals surface area contributed by atoms with Crippen LogP contribution in [0.2, 0.25) is 0 Å². The van der Waals surface area contributed by atoms with Crippen molar-refractivity contribution in [2.75, 3.05) is 39.3 Å². The van der Waals surface area contributed by atoms with Gasteiger partial charge in [0.25, 0.3) is 0 Å². The summed E-state index contributed by atoms with van der Waals surface area (Å²) in [5.74, 6) is 0. The van der Waals surface area contributed by atoms with Crippen LogP contribution in [0.1, 0.15) is 25.3 Å². The van der Waals surface area contributed by atoms with E-state index in [1.54, 1.807) is 0 Å². The summed E-state index contributed by atoms with van der Waals surface area (Å²) in [6, 6.07) is 11.6. The van der Waals surface area contributed by atoms with Gasteiger partial charge in [0, 0.05) is 25.7 Å². The van der Waals surface area contributed by atoms with E-state index in [4.69, 9.17) is 4.74 Å². The fraction of sp³-hybridized carbons (Fsp3) is 0.667. The van der Waals surface area contributed by atoms with E-state index in [1.807, 2.05) is 0 Å². The van der Waals surface area contributed by atoms with Crippen molar-refractivity contribution in [3.8, 4) is 0 Å². The van der Waals surface area contributed by atoms with Gasteiger partial charge in [-0.3, -0.25) is 4.90 Å². The number of rotatable bonds is 4. The Bertz CT molecular complexity index is 414. The highest BCUT2D eigenvalue weighted by atomic mass is 16.5. The molecule has 0 bridgehead atoms. The minimum atomic E-state index is 0.412. The van der Waals surface area contributed by atoms with Crippen LogP contribution in [0, 0.1) is 0 Å². The molecule has 2 aliphatic heterocycles. The van der Waals surface area contributed by atoms with Crippen molar-refractivity contribution in [2.45, 2.75) is 38.3 Å². The zero-order valence-electron chi connectivity index (χ0n) is 13.2. The Balaban J connectivity index is 1.40. The van der Waals surface area contributed by atoms with Crippen molar-refractivity contribution < 1.29 is 4.74 Å². The molecule has 1 atom stereocenters. The van der Waals surface area contributed by atoms with E-state index in [0.717, 1.165) is 25.7 Å². The molecule has 2 saturated heterocycles. The second-order valence-corrected chi connectivity index (χ2v) is 6.48. The van der Waals surface area contributed by atoms with Crippen LogP contribution in [0.5, 0.6) is 0 Å². The highest BCUT2D eigenvalue weighted by Crippen LogP contribution is 2.19. The lowest BCUT2D eigenvalue weighted by atomic mass is 10.0. The Hall–Kier alpha value is -0.900. The zero-order valence-corrected chi connectivity index (χ0v) is 13.2. The fourth-order valence-corrected chi connectivity index (χ4v) is 3.62. The molecule has 0 spiro atoms. The average Bonchev–Trinajstić information content (AvgIpc) is 2.54. The topological polar surface area (TPSA) is 15.7 Å². The monoisotopic (exact) mass is 288 g/mol. The van der Waals surface area contributed by atoms with Crippen molar-refractivity contribution in [1.29, 1.82) is 0 Å². The van der Waals surface area contributed by atoms with E-state index in [0.29, 0.717) is 6.10 Å². The van der Waals surface area contributed by atoms with Crippen LogP contribution in [0.4, 0.5) is 0 Å². The normalized spacial score (nSPS) is 26.0. The van der Waals surface area contributed by atoms with E-state index >= 15 is 0 Å². The standard InChI is InChI=1S/C18H28N2O/c1-16-15-20(13-14-21-16)18-8-11-19(12-9-18)10-7-17-5-3-2-4-6-17/h2-6,16,18H,7-15H2,1H3. The summed E-state index contributed by atoms with van der Waals surface area (Å²) in [6.07, 6.45) is 4.23. The summed E-state index contributed by atoms with van der Waals surface area (Å²) in [5, 5.41) is 0. The first-order valence-corrected chi connectivity index (χ1v) is 8.43. The summed E-state index contributed by atoms with van der Waals surface area (Å²) >= 11 is 0. The van der Waals surface area contributed by atoms with Gasteiger partial charge >= 0.3 is 0 Å². The number of nitrogens with zero attached hydrogens (tertiary/aromatic N) is 2. The minimum absolute atomic E-state index is 0.412. The Kier molecular flexibility index (Phi) is 5.28. The molecule has 3 rings (SSSR count). The third-order valence-electron chi connectivity index (χ3n) is 4.91. The Labute approximate surface area is 128 Å². The van der Waals surface area contributed by atoms with E-state index in [1.165, 1.54) is 44.5 Å². The van der Waals surface area contributed by atoms with Crippen LogP contribution in [0.3, 0.4) is 0 Å². The van der Waals surface area contributed by atoms with Crippen LogP contribution in [0.15, 0.2) is 30.3 Å². The molecule has 0 N–H and O–H groups in total. The molecular formula is C18H28N2O. The maximum atomic E-state index is 5.66. The lowest BCUT2D eigenvalue weighted by molar-refractivity contribution is -0.0433. The molecule has 2 fully saturated rings. The summed E-state index contributed by atoms with van der Waals surface area (Å²) < 4.78 is 5.66. The number of ether oxygens (including phenoxy) is 1. The van der Waals surface area contributed by atoms with Crippen molar-refractivity contribution in [2.24, 2.45) is 0 Å². The molecule has 21 heavy (non-hydrogen) atoms. The molecule has 0 amide bonds. The molecule has 3 heteroatoms. The predicted octanol–water partition coefficient (Wildman–Crippen LogP) is 2.41. The van der Waals surface area contributed by atoms with E-state index in [-0.39, 0.29) is 0 Å². The second-order valence-electron chi connectivity index (χ2n) is 6.48. The SMILES string of the molecule is CC1CN(C2CCN(CCc3ccccc3)CC2)CCO1. The molecule has 2 aliphatic rings. The molecule has 0 aromatic heterocycles. The number of hydrogen-bond acceptors (Lipinski definition) is 3. The lowest BCUT2D eigenvalue weighted by Gasteiger charge is -2.41. The molecule has 0 aliphatic carbocycles. The molecule has 2 heterocycles. The van der Waals surface area contributed by atoms with Gasteiger partial charge in [0.2, 0.25) is 0 Å². The first kappa shape index (κ1) is 15.0. The van der Waals surface area contributed by atoms with E-state index < -0.39 is 0 Å². The number of likely N-dealkylation sites (tertiary alicyclic amines) is 1. The summed E-state index contributed by atoms with van der Waals surface area (Å²) in [7, 11) is 0. The van der Waals surface area contributed by atoms with Gasteiger partial charge in [0.15, 0.2) is 0 Å². The molecule has 3 nitrogen and oxygen atoms in total. The Morgan fingerprint density at radius 3 is 2.57 bits per heavy atom. The van der Waals surface area contributed by atoms with Gasteiger partial charge in [-0.15, -0.1) is 0 Å². The average molecular weight is 288 g/mol. The Morgan fingerprint density at radius 1 is 1.10 bits per heavy atom. The van der Waals surface area contributed by atoms with Crippen LogP contribution in [-0.2, 0) is 11.2 Å². The smallest absolute Gasteiger partial charge is 0.0674 e. The van der Waals surface area contributed by atoms with Crippen molar-refractivity contribution in [1.82, 2.24) is 9.80 Å². The largest absolute Gasteiger partial charge is 0.376 e. The molecule has 1 aromatic carbocycles.